The Bertz CT molecular complexity index is 1600. The number of ether oxygens (including phenoxy) is 1. The molecule has 1 aromatic heterocycles. The van der Waals surface area contributed by atoms with E-state index in [0.717, 1.165) is 11.3 Å². The van der Waals surface area contributed by atoms with Gasteiger partial charge in [-0.3, -0.25) is 14.5 Å². The van der Waals surface area contributed by atoms with Crippen molar-refractivity contribution in [3.05, 3.63) is 80.7 Å². The van der Waals surface area contributed by atoms with Crippen molar-refractivity contribution in [2.75, 3.05) is 23.1 Å². The van der Waals surface area contributed by atoms with Crippen LogP contribution in [0.5, 0.6) is 5.75 Å². The average Bonchev–Trinajstić information content (AvgIpc) is 3.40. The highest BCUT2D eigenvalue weighted by Crippen LogP contribution is 2.47. The number of hydrogen-bond acceptors (Lipinski definition) is 10. The lowest BCUT2D eigenvalue weighted by molar-refractivity contribution is -0.116. The molecule has 1 atom stereocenters. The van der Waals surface area contributed by atoms with Crippen LogP contribution >= 0.6 is 46.3 Å². The van der Waals surface area contributed by atoms with Crippen LogP contribution in [-0.4, -0.2) is 34.8 Å². The molecule has 2 aliphatic rings. The zero-order valence-electron chi connectivity index (χ0n) is 21.1. The Hall–Kier alpha value is -3.56. The van der Waals surface area contributed by atoms with E-state index in [0.29, 0.717) is 55.8 Å². The van der Waals surface area contributed by atoms with Gasteiger partial charge >= 0.3 is 0 Å². The summed E-state index contributed by atoms with van der Waals surface area (Å²) in [5.74, 6) is -0.0610. The number of rotatable bonds is 7. The van der Waals surface area contributed by atoms with Gasteiger partial charge in [-0.2, -0.15) is 5.26 Å². The number of amides is 1. The van der Waals surface area contributed by atoms with E-state index < -0.39 is 5.92 Å². The number of Topliss-reactive ketones (excluding diaryl/α,β-unsaturated/α-hetero) is 1. The monoisotopic (exact) mass is 612 g/mol. The fourth-order valence-corrected chi connectivity index (χ4v) is 6.78. The number of thioether (sulfide) groups is 1. The van der Waals surface area contributed by atoms with E-state index in [9.17, 15) is 14.9 Å². The average molecular weight is 614 g/mol. The number of ketones is 1. The predicted molar refractivity (Wildman–Crippen MR) is 157 cm³/mol. The molecule has 3 N–H and O–H groups in total. The molecule has 0 saturated carbocycles. The van der Waals surface area contributed by atoms with Crippen LogP contribution in [0.4, 0.5) is 10.8 Å². The molecule has 3 aromatic rings. The number of benzene rings is 2. The molecule has 0 radical (unpaired) electrons. The van der Waals surface area contributed by atoms with Gasteiger partial charge in [-0.05, 0) is 48.7 Å². The van der Waals surface area contributed by atoms with Gasteiger partial charge in [-0.1, -0.05) is 58.4 Å². The number of methoxy groups -OCH3 is 1. The standard InChI is InChI=1S/C27H22Cl2N6O3S2/c1-38-21-10-9-16(11-18(21)29)32-22(37)13-39-27-34-33-26(40-27)35-19-3-2-4-20(36)24(19)23(17(12-30)25(35)31)14-5-7-15(28)8-6-14/h5-11,23H,2-4,13,31H2,1H3,(H,32,37). The zero-order chi connectivity index (χ0) is 28.4. The van der Waals surface area contributed by atoms with Gasteiger partial charge in [-0.25, -0.2) is 0 Å². The number of carbonyl (C=O) groups is 2. The van der Waals surface area contributed by atoms with Gasteiger partial charge in [0.05, 0.1) is 35.4 Å². The highest BCUT2D eigenvalue weighted by atomic mass is 35.5. The van der Waals surface area contributed by atoms with Gasteiger partial charge in [0.2, 0.25) is 11.0 Å². The van der Waals surface area contributed by atoms with Crippen molar-refractivity contribution < 1.29 is 14.3 Å². The van der Waals surface area contributed by atoms with Crippen LogP contribution in [-0.2, 0) is 9.59 Å². The summed E-state index contributed by atoms with van der Waals surface area (Å²) in [6.07, 6.45) is 1.65. The summed E-state index contributed by atoms with van der Waals surface area (Å²) in [5.41, 5.74) is 9.42. The van der Waals surface area contributed by atoms with Crippen LogP contribution in [0.15, 0.2) is 69.5 Å². The predicted octanol–water partition coefficient (Wildman–Crippen LogP) is 5.89. The van der Waals surface area contributed by atoms with E-state index in [2.05, 4.69) is 21.6 Å². The fourth-order valence-electron chi connectivity index (χ4n) is 4.71. The van der Waals surface area contributed by atoms with Crippen LogP contribution in [0.2, 0.25) is 10.0 Å². The van der Waals surface area contributed by atoms with E-state index in [1.165, 1.54) is 30.2 Å². The Labute approximate surface area is 248 Å². The Morgan fingerprint density at radius 2 is 2.02 bits per heavy atom. The molecular formula is C27H22Cl2N6O3S2. The van der Waals surface area contributed by atoms with Gasteiger partial charge in [0.25, 0.3) is 0 Å². The Morgan fingerprint density at radius 3 is 2.73 bits per heavy atom. The maximum Gasteiger partial charge on any atom is 0.234 e. The minimum Gasteiger partial charge on any atom is -0.495 e. The smallest absolute Gasteiger partial charge is 0.234 e. The van der Waals surface area contributed by atoms with Crippen molar-refractivity contribution in [3.8, 4) is 11.8 Å². The lowest BCUT2D eigenvalue weighted by Gasteiger charge is -2.38. The largest absolute Gasteiger partial charge is 0.495 e. The molecule has 0 fully saturated rings. The molecule has 40 heavy (non-hydrogen) atoms. The first kappa shape index (κ1) is 28.0. The Morgan fingerprint density at radius 1 is 1.25 bits per heavy atom. The van der Waals surface area contributed by atoms with Crippen LogP contribution < -0.4 is 20.7 Å². The molecule has 0 saturated heterocycles. The molecule has 2 heterocycles. The highest BCUT2D eigenvalue weighted by molar-refractivity contribution is 8.01. The fraction of sp³-hybridized carbons (Fsp3) is 0.222. The molecule has 2 aromatic carbocycles. The number of halogens is 2. The summed E-state index contributed by atoms with van der Waals surface area (Å²) in [7, 11) is 1.52. The van der Waals surface area contributed by atoms with Crippen LogP contribution in [0.3, 0.4) is 0 Å². The highest BCUT2D eigenvalue weighted by Gasteiger charge is 2.41. The molecule has 0 spiro atoms. The zero-order valence-corrected chi connectivity index (χ0v) is 24.3. The maximum atomic E-state index is 13.2. The molecule has 1 unspecified atom stereocenters. The number of nitrogens with zero attached hydrogens (tertiary/aromatic N) is 4. The van der Waals surface area contributed by atoms with Crippen molar-refractivity contribution >= 4 is 68.8 Å². The maximum absolute atomic E-state index is 13.2. The van der Waals surface area contributed by atoms with Gasteiger partial charge in [0.15, 0.2) is 10.1 Å². The SMILES string of the molecule is COc1ccc(NC(=O)CSc2nnc(N3C(N)=C(C#N)C(c4ccc(Cl)cc4)C4=C3CCCC4=O)s2)cc1Cl. The van der Waals surface area contributed by atoms with Crippen LogP contribution in [0.1, 0.15) is 30.7 Å². The summed E-state index contributed by atoms with van der Waals surface area (Å²) in [5, 5.41) is 22.8. The van der Waals surface area contributed by atoms with E-state index in [1.54, 1.807) is 35.2 Å². The van der Waals surface area contributed by atoms with E-state index in [-0.39, 0.29) is 28.8 Å². The molecule has 9 nitrogen and oxygen atoms in total. The lowest BCUT2D eigenvalue weighted by Crippen LogP contribution is -2.38. The van der Waals surface area contributed by atoms with Gasteiger partial charge < -0.3 is 15.8 Å². The van der Waals surface area contributed by atoms with Gasteiger partial charge in [0.1, 0.15) is 11.6 Å². The van der Waals surface area contributed by atoms with Crippen molar-refractivity contribution in [2.24, 2.45) is 5.73 Å². The van der Waals surface area contributed by atoms with Gasteiger partial charge in [0, 0.05) is 28.4 Å². The normalized spacial score (nSPS) is 17.0. The summed E-state index contributed by atoms with van der Waals surface area (Å²) in [6, 6.07) is 14.3. The third-order valence-electron chi connectivity index (χ3n) is 6.47. The minimum atomic E-state index is -0.585. The summed E-state index contributed by atoms with van der Waals surface area (Å²) in [4.78, 5) is 27.4. The third kappa shape index (κ3) is 5.53. The number of hydrogen-bond donors (Lipinski definition) is 2. The second-order valence-corrected chi connectivity index (χ2v) is 11.9. The first-order chi connectivity index (χ1) is 19.3. The summed E-state index contributed by atoms with van der Waals surface area (Å²) in [6.45, 7) is 0. The first-order valence-electron chi connectivity index (χ1n) is 12.1. The number of nitrogens with one attached hydrogen (secondary N) is 1. The third-order valence-corrected chi connectivity index (χ3v) is 9.06. The lowest BCUT2D eigenvalue weighted by atomic mass is 9.76. The number of nitrogens with two attached hydrogens (primary N) is 1. The van der Waals surface area contributed by atoms with Crippen molar-refractivity contribution in [1.82, 2.24) is 10.2 Å². The number of allylic oxidation sites excluding steroid dienone is 3. The van der Waals surface area contributed by atoms with E-state index >= 15 is 0 Å². The first-order valence-corrected chi connectivity index (χ1v) is 14.7. The number of anilines is 2. The molecule has 0 bridgehead atoms. The Balaban J connectivity index is 1.38. The molecule has 1 amide bonds. The number of nitriles is 1. The van der Waals surface area contributed by atoms with Crippen molar-refractivity contribution in [1.29, 1.82) is 5.26 Å². The second-order valence-electron chi connectivity index (χ2n) is 8.90. The Kier molecular flexibility index (Phi) is 8.32. The molecular weight excluding hydrogens is 591 g/mol. The van der Waals surface area contributed by atoms with Crippen LogP contribution in [0, 0.1) is 11.3 Å². The van der Waals surface area contributed by atoms with Crippen LogP contribution in [0.25, 0.3) is 0 Å². The second kappa shape index (κ2) is 11.9. The van der Waals surface area contributed by atoms with E-state index in [1.807, 2.05) is 12.1 Å². The number of carbonyl (C=O) groups excluding carboxylic acids is 2. The number of aromatic nitrogens is 2. The molecule has 5 rings (SSSR count). The summed E-state index contributed by atoms with van der Waals surface area (Å²) < 4.78 is 5.67. The summed E-state index contributed by atoms with van der Waals surface area (Å²) >= 11 is 14.7. The molecule has 1 aliphatic carbocycles. The van der Waals surface area contributed by atoms with E-state index in [4.69, 9.17) is 33.7 Å². The molecule has 1 aliphatic heterocycles. The van der Waals surface area contributed by atoms with Gasteiger partial charge in [-0.15, -0.1) is 10.2 Å². The topological polar surface area (TPSA) is 134 Å². The van der Waals surface area contributed by atoms with Crippen molar-refractivity contribution in [2.45, 2.75) is 29.5 Å². The molecule has 204 valence electrons. The molecule has 13 heteroatoms. The quantitative estimate of drug-likeness (QED) is 0.313. The van der Waals surface area contributed by atoms with Crippen molar-refractivity contribution in [3.63, 3.8) is 0 Å². The minimum absolute atomic E-state index is 0.0270.